The van der Waals surface area contributed by atoms with Crippen molar-refractivity contribution in [2.45, 2.75) is 57.7 Å². The van der Waals surface area contributed by atoms with Crippen molar-refractivity contribution in [3.05, 3.63) is 66.0 Å². The summed E-state index contributed by atoms with van der Waals surface area (Å²) in [6.45, 7) is 9.43. The highest BCUT2D eigenvalue weighted by atomic mass is 16.2. The number of aromatic nitrogens is 1. The van der Waals surface area contributed by atoms with E-state index in [0.29, 0.717) is 6.04 Å². The van der Waals surface area contributed by atoms with Crippen molar-refractivity contribution in [1.82, 2.24) is 20.1 Å². The fourth-order valence-electron chi connectivity index (χ4n) is 5.08. The van der Waals surface area contributed by atoms with Crippen LogP contribution in [0.25, 0.3) is 0 Å². The number of hydrogen-bond donors (Lipinski definition) is 1. The van der Waals surface area contributed by atoms with Crippen molar-refractivity contribution < 1.29 is 4.79 Å². The lowest BCUT2D eigenvalue weighted by atomic mass is 9.90. The molecule has 5 nitrogen and oxygen atoms in total. The van der Waals surface area contributed by atoms with E-state index in [2.05, 4.69) is 52.1 Å². The molecule has 0 saturated carbocycles. The molecule has 0 spiro atoms. The van der Waals surface area contributed by atoms with Crippen LogP contribution < -0.4 is 5.32 Å². The molecule has 2 aliphatic rings. The fraction of sp³-hybridized carbons (Fsp3) is 0.538. The summed E-state index contributed by atoms with van der Waals surface area (Å²) in [6.07, 6.45) is 8.28. The third-order valence-corrected chi connectivity index (χ3v) is 6.96. The fourth-order valence-corrected chi connectivity index (χ4v) is 5.08. The molecule has 2 aliphatic heterocycles. The summed E-state index contributed by atoms with van der Waals surface area (Å²) in [5, 5.41) is 3.32. The zero-order valence-electron chi connectivity index (χ0n) is 19.0. The van der Waals surface area contributed by atoms with Gasteiger partial charge in [0.15, 0.2) is 0 Å². The first-order valence-electron chi connectivity index (χ1n) is 11.7. The van der Waals surface area contributed by atoms with Gasteiger partial charge in [-0.25, -0.2) is 0 Å². The Balaban J connectivity index is 1.28. The van der Waals surface area contributed by atoms with Gasteiger partial charge < -0.3 is 5.32 Å². The van der Waals surface area contributed by atoms with Crippen LogP contribution in [0.4, 0.5) is 0 Å². The summed E-state index contributed by atoms with van der Waals surface area (Å²) >= 11 is 0. The average molecular weight is 421 g/mol. The number of hydrogen-bond acceptors (Lipinski definition) is 4. The lowest BCUT2D eigenvalue weighted by Gasteiger charge is -2.42. The molecule has 1 aromatic heterocycles. The Kier molecular flexibility index (Phi) is 7.03. The Labute approximate surface area is 186 Å². The van der Waals surface area contributed by atoms with Crippen molar-refractivity contribution in [3.8, 4) is 0 Å². The number of carbonyl (C=O) groups is 1. The summed E-state index contributed by atoms with van der Waals surface area (Å²) in [6, 6.07) is 15.0. The molecule has 166 valence electrons. The van der Waals surface area contributed by atoms with Gasteiger partial charge in [0.2, 0.25) is 5.91 Å². The van der Waals surface area contributed by atoms with Gasteiger partial charge in [-0.05, 0) is 76.4 Å². The first-order valence-corrected chi connectivity index (χ1v) is 11.7. The largest absolute Gasteiger partial charge is 0.347 e. The van der Waals surface area contributed by atoms with Crippen LogP contribution in [0.3, 0.4) is 0 Å². The summed E-state index contributed by atoms with van der Waals surface area (Å²) in [7, 11) is 0. The Bertz CT molecular complexity index is 831. The molecule has 3 heterocycles. The van der Waals surface area contributed by atoms with Gasteiger partial charge >= 0.3 is 0 Å². The molecule has 0 radical (unpaired) electrons. The summed E-state index contributed by atoms with van der Waals surface area (Å²) in [5.41, 5.74) is 2.09. The monoisotopic (exact) mass is 420 g/mol. The van der Waals surface area contributed by atoms with E-state index in [4.69, 9.17) is 0 Å². The number of rotatable bonds is 6. The van der Waals surface area contributed by atoms with Crippen molar-refractivity contribution in [2.75, 3.05) is 26.2 Å². The van der Waals surface area contributed by atoms with E-state index < -0.39 is 0 Å². The normalized spacial score (nSPS) is 21.7. The van der Waals surface area contributed by atoms with Gasteiger partial charge in [-0.2, -0.15) is 0 Å². The molecule has 31 heavy (non-hydrogen) atoms. The topological polar surface area (TPSA) is 48.5 Å². The van der Waals surface area contributed by atoms with Crippen LogP contribution >= 0.6 is 0 Å². The Morgan fingerprint density at radius 2 is 1.84 bits per heavy atom. The van der Waals surface area contributed by atoms with Crippen molar-refractivity contribution >= 4 is 5.91 Å². The maximum absolute atomic E-state index is 13.1. The number of amides is 1. The van der Waals surface area contributed by atoms with E-state index in [0.717, 1.165) is 51.1 Å². The highest BCUT2D eigenvalue weighted by molar-refractivity contribution is 5.80. The number of nitrogens with one attached hydrogen (secondary N) is 1. The maximum atomic E-state index is 13.1. The minimum atomic E-state index is -0.349. The lowest BCUT2D eigenvalue weighted by Crippen LogP contribution is -2.52. The first-order chi connectivity index (χ1) is 15.0. The maximum Gasteiger partial charge on any atom is 0.225 e. The summed E-state index contributed by atoms with van der Waals surface area (Å²) in [4.78, 5) is 22.5. The molecule has 4 rings (SSSR count). The van der Waals surface area contributed by atoms with Crippen LogP contribution in [0.5, 0.6) is 0 Å². The lowest BCUT2D eigenvalue weighted by molar-refractivity contribution is -0.129. The first kappa shape index (κ1) is 22.0. The van der Waals surface area contributed by atoms with Crippen LogP contribution in [-0.2, 0) is 16.9 Å². The van der Waals surface area contributed by atoms with Crippen molar-refractivity contribution in [2.24, 2.45) is 5.92 Å². The van der Waals surface area contributed by atoms with E-state index in [-0.39, 0.29) is 17.4 Å². The van der Waals surface area contributed by atoms with Crippen molar-refractivity contribution in [3.63, 3.8) is 0 Å². The van der Waals surface area contributed by atoms with Gasteiger partial charge in [0.1, 0.15) is 0 Å². The molecule has 2 saturated heterocycles. The second-order valence-corrected chi connectivity index (χ2v) is 9.68. The zero-order chi connectivity index (χ0) is 21.7. The van der Waals surface area contributed by atoms with E-state index in [1.807, 2.05) is 36.7 Å². The summed E-state index contributed by atoms with van der Waals surface area (Å²) in [5.74, 6) is 0.290. The number of carbonyl (C=O) groups excluding carboxylic acids is 1. The Morgan fingerprint density at radius 3 is 2.55 bits per heavy atom. The quantitative estimate of drug-likeness (QED) is 0.772. The Hall–Kier alpha value is -2.24. The Morgan fingerprint density at radius 1 is 1.06 bits per heavy atom. The average Bonchev–Trinajstić information content (AvgIpc) is 2.81. The van der Waals surface area contributed by atoms with Crippen LogP contribution in [0, 0.1) is 5.92 Å². The zero-order valence-corrected chi connectivity index (χ0v) is 19.0. The molecule has 1 amide bonds. The minimum absolute atomic E-state index is 0.0881. The second-order valence-electron chi connectivity index (χ2n) is 9.68. The smallest absolute Gasteiger partial charge is 0.225 e. The van der Waals surface area contributed by atoms with Gasteiger partial charge in [-0.3, -0.25) is 19.6 Å². The van der Waals surface area contributed by atoms with E-state index in [1.54, 1.807) is 0 Å². The van der Waals surface area contributed by atoms with Gasteiger partial charge in [-0.1, -0.05) is 36.4 Å². The molecular formula is C26H36N4O. The van der Waals surface area contributed by atoms with E-state index in [9.17, 15) is 4.79 Å². The summed E-state index contributed by atoms with van der Waals surface area (Å²) < 4.78 is 0. The van der Waals surface area contributed by atoms with Gasteiger partial charge in [0.25, 0.3) is 0 Å². The molecule has 0 bridgehead atoms. The van der Waals surface area contributed by atoms with Crippen LogP contribution in [0.1, 0.15) is 50.7 Å². The molecule has 0 aliphatic carbocycles. The molecule has 1 atom stereocenters. The van der Waals surface area contributed by atoms with Crippen molar-refractivity contribution in [1.29, 1.82) is 0 Å². The molecule has 0 unspecified atom stereocenters. The van der Waals surface area contributed by atoms with Gasteiger partial charge in [0.05, 0.1) is 11.5 Å². The molecule has 1 N–H and O–H groups in total. The number of benzene rings is 1. The standard InChI is InChI=1S/C26H36N4O/c1-26(2,23-10-4-3-5-11-23)28-25(31)22-9-7-15-30(20-22)24-12-16-29(17-13-24)19-21-8-6-14-27-18-21/h3-6,8,10-11,14,18,22,24H,7,9,12-13,15-17,19-20H2,1-2H3,(H,28,31)/t22-/m0/s1. The predicted molar refractivity (Wildman–Crippen MR) is 124 cm³/mol. The van der Waals surface area contributed by atoms with Crippen LogP contribution in [-0.4, -0.2) is 52.9 Å². The second kappa shape index (κ2) is 9.92. The van der Waals surface area contributed by atoms with Gasteiger partial charge in [-0.15, -0.1) is 0 Å². The molecule has 5 heteroatoms. The molecular weight excluding hydrogens is 384 g/mol. The molecule has 1 aromatic carbocycles. The third kappa shape index (κ3) is 5.72. The minimum Gasteiger partial charge on any atom is -0.347 e. The van der Waals surface area contributed by atoms with Gasteiger partial charge in [0, 0.05) is 31.5 Å². The number of likely N-dealkylation sites (tertiary alicyclic amines) is 2. The van der Waals surface area contributed by atoms with Crippen LogP contribution in [0.15, 0.2) is 54.9 Å². The van der Waals surface area contributed by atoms with E-state index in [1.165, 1.54) is 18.4 Å². The van der Waals surface area contributed by atoms with Crippen LogP contribution in [0.2, 0.25) is 0 Å². The highest BCUT2D eigenvalue weighted by Gasteiger charge is 2.33. The SMILES string of the molecule is CC(C)(NC(=O)[C@H]1CCCN(C2CCN(Cc3cccnc3)CC2)C1)c1ccccc1. The highest BCUT2D eigenvalue weighted by Crippen LogP contribution is 2.26. The molecule has 2 fully saturated rings. The number of nitrogens with zero attached hydrogens (tertiary/aromatic N) is 3. The number of pyridine rings is 1. The third-order valence-electron chi connectivity index (χ3n) is 6.96. The number of piperidine rings is 2. The van der Waals surface area contributed by atoms with E-state index >= 15 is 0 Å². The predicted octanol–water partition coefficient (Wildman–Crippen LogP) is 3.81. The molecule has 2 aromatic rings.